The van der Waals surface area contributed by atoms with Crippen molar-refractivity contribution in [3.8, 4) is 0 Å². The van der Waals surface area contributed by atoms with Crippen molar-refractivity contribution in [2.75, 3.05) is 6.54 Å². The van der Waals surface area contributed by atoms with E-state index in [0.29, 0.717) is 0 Å². The summed E-state index contributed by atoms with van der Waals surface area (Å²) in [6, 6.07) is 10.4. The van der Waals surface area contributed by atoms with Crippen LogP contribution in [0.3, 0.4) is 0 Å². The molecule has 0 radical (unpaired) electrons. The highest BCUT2D eigenvalue weighted by molar-refractivity contribution is 5.14. The van der Waals surface area contributed by atoms with E-state index in [1.54, 1.807) is 0 Å². The number of aliphatic hydroxyl groups is 1. The Hall–Kier alpha value is -0.860. The summed E-state index contributed by atoms with van der Waals surface area (Å²) in [5.41, 5.74) is 1.33. The fourth-order valence-electron chi connectivity index (χ4n) is 1.52. The second-order valence-corrected chi connectivity index (χ2v) is 4.01. The number of hydrogen-bond donors (Lipinski definition) is 2. The Kier molecular flexibility index (Phi) is 6.05. The summed E-state index contributed by atoms with van der Waals surface area (Å²) in [5.74, 6) is 0. The van der Waals surface area contributed by atoms with Crippen LogP contribution in [0.15, 0.2) is 30.3 Å². The Labute approximate surface area is 92.3 Å². The molecular formula is C13H21NO. The Morgan fingerprint density at radius 2 is 1.93 bits per heavy atom. The number of benzene rings is 1. The van der Waals surface area contributed by atoms with Crippen molar-refractivity contribution in [1.29, 1.82) is 0 Å². The first-order valence-electron chi connectivity index (χ1n) is 5.72. The first-order valence-corrected chi connectivity index (χ1v) is 5.72. The molecule has 0 bridgehead atoms. The highest BCUT2D eigenvalue weighted by Crippen LogP contribution is 2.00. The largest absolute Gasteiger partial charge is 0.393 e. The van der Waals surface area contributed by atoms with Gasteiger partial charge in [0.15, 0.2) is 0 Å². The van der Waals surface area contributed by atoms with Crippen LogP contribution >= 0.6 is 0 Å². The third kappa shape index (κ3) is 6.26. The van der Waals surface area contributed by atoms with Gasteiger partial charge in [0.1, 0.15) is 0 Å². The zero-order chi connectivity index (χ0) is 10.9. The maximum atomic E-state index is 9.07. The van der Waals surface area contributed by atoms with Crippen LogP contribution in [0.1, 0.15) is 31.7 Å². The van der Waals surface area contributed by atoms with Crippen LogP contribution in [0.25, 0.3) is 0 Å². The molecule has 2 nitrogen and oxygen atoms in total. The fraction of sp³-hybridized carbons (Fsp3) is 0.538. The molecule has 1 aromatic carbocycles. The van der Waals surface area contributed by atoms with E-state index >= 15 is 0 Å². The van der Waals surface area contributed by atoms with E-state index in [-0.39, 0.29) is 6.10 Å². The van der Waals surface area contributed by atoms with Crippen LogP contribution in [0.4, 0.5) is 0 Å². The smallest absolute Gasteiger partial charge is 0.0512 e. The average molecular weight is 207 g/mol. The van der Waals surface area contributed by atoms with Crippen molar-refractivity contribution < 1.29 is 5.11 Å². The van der Waals surface area contributed by atoms with Crippen LogP contribution in [0, 0.1) is 0 Å². The van der Waals surface area contributed by atoms with Gasteiger partial charge in [0, 0.05) is 6.54 Å². The average Bonchev–Trinajstić information content (AvgIpc) is 2.24. The van der Waals surface area contributed by atoms with Crippen molar-refractivity contribution in [2.45, 2.75) is 38.8 Å². The van der Waals surface area contributed by atoms with E-state index in [1.165, 1.54) is 5.56 Å². The summed E-state index contributed by atoms with van der Waals surface area (Å²) < 4.78 is 0. The first-order chi connectivity index (χ1) is 7.29. The third-order valence-corrected chi connectivity index (χ3v) is 2.40. The maximum Gasteiger partial charge on any atom is 0.0512 e. The van der Waals surface area contributed by atoms with Gasteiger partial charge in [-0.15, -0.1) is 0 Å². The van der Waals surface area contributed by atoms with Crippen molar-refractivity contribution in [3.05, 3.63) is 35.9 Å². The van der Waals surface area contributed by atoms with Gasteiger partial charge < -0.3 is 10.4 Å². The lowest BCUT2D eigenvalue weighted by molar-refractivity contribution is 0.180. The lowest BCUT2D eigenvalue weighted by Crippen LogP contribution is -2.15. The van der Waals surface area contributed by atoms with E-state index in [4.69, 9.17) is 5.11 Å². The number of hydrogen-bond acceptors (Lipinski definition) is 2. The van der Waals surface area contributed by atoms with Crippen LogP contribution < -0.4 is 5.32 Å². The molecule has 2 heteroatoms. The van der Waals surface area contributed by atoms with Crippen LogP contribution in [-0.2, 0) is 6.54 Å². The molecule has 2 N–H and O–H groups in total. The van der Waals surface area contributed by atoms with Crippen LogP contribution in [-0.4, -0.2) is 17.8 Å². The van der Waals surface area contributed by atoms with Gasteiger partial charge >= 0.3 is 0 Å². The molecule has 0 spiro atoms. The lowest BCUT2D eigenvalue weighted by Gasteiger charge is -2.06. The van der Waals surface area contributed by atoms with E-state index in [0.717, 1.165) is 32.4 Å². The molecule has 0 amide bonds. The van der Waals surface area contributed by atoms with Crippen molar-refractivity contribution in [2.24, 2.45) is 0 Å². The van der Waals surface area contributed by atoms with Crippen molar-refractivity contribution in [1.82, 2.24) is 5.32 Å². The van der Waals surface area contributed by atoms with E-state index in [2.05, 4.69) is 29.6 Å². The predicted octanol–water partition coefficient (Wildman–Crippen LogP) is 2.33. The topological polar surface area (TPSA) is 32.3 Å². The van der Waals surface area contributed by atoms with Gasteiger partial charge in [-0.2, -0.15) is 0 Å². The Morgan fingerprint density at radius 3 is 2.60 bits per heavy atom. The number of aliphatic hydroxyl groups excluding tert-OH is 1. The molecule has 0 saturated heterocycles. The molecule has 0 aliphatic carbocycles. The first kappa shape index (κ1) is 12.2. The summed E-state index contributed by atoms with van der Waals surface area (Å²) in [5, 5.41) is 12.5. The SMILES string of the molecule is CC(O)CCCCNCc1ccccc1. The van der Waals surface area contributed by atoms with Crippen molar-refractivity contribution in [3.63, 3.8) is 0 Å². The second-order valence-electron chi connectivity index (χ2n) is 4.01. The summed E-state index contributed by atoms with van der Waals surface area (Å²) in [4.78, 5) is 0. The summed E-state index contributed by atoms with van der Waals surface area (Å²) in [7, 11) is 0. The fourth-order valence-corrected chi connectivity index (χ4v) is 1.52. The maximum absolute atomic E-state index is 9.07. The molecule has 0 aromatic heterocycles. The molecule has 0 aliphatic rings. The summed E-state index contributed by atoms with van der Waals surface area (Å²) in [6.07, 6.45) is 2.99. The third-order valence-electron chi connectivity index (χ3n) is 2.40. The van der Waals surface area contributed by atoms with Gasteiger partial charge in [-0.1, -0.05) is 30.3 Å². The highest BCUT2D eigenvalue weighted by Gasteiger charge is 1.95. The normalized spacial score (nSPS) is 12.7. The molecule has 1 atom stereocenters. The van der Waals surface area contributed by atoms with Gasteiger partial charge in [0.2, 0.25) is 0 Å². The van der Waals surface area contributed by atoms with Gasteiger partial charge in [0.25, 0.3) is 0 Å². The molecule has 0 aliphatic heterocycles. The van der Waals surface area contributed by atoms with Crippen molar-refractivity contribution >= 4 is 0 Å². The quantitative estimate of drug-likeness (QED) is 0.673. The van der Waals surface area contributed by atoms with Gasteiger partial charge in [-0.3, -0.25) is 0 Å². The molecule has 84 valence electrons. The predicted molar refractivity (Wildman–Crippen MR) is 63.7 cm³/mol. The van der Waals surface area contributed by atoms with Crippen LogP contribution in [0.5, 0.6) is 0 Å². The number of unbranched alkanes of at least 4 members (excludes halogenated alkanes) is 1. The number of rotatable bonds is 7. The Bertz CT molecular complexity index is 246. The molecule has 1 unspecified atom stereocenters. The molecule has 0 heterocycles. The molecular weight excluding hydrogens is 186 g/mol. The molecule has 0 saturated carbocycles. The minimum Gasteiger partial charge on any atom is -0.393 e. The molecule has 1 aromatic rings. The number of nitrogens with one attached hydrogen (secondary N) is 1. The minimum atomic E-state index is -0.154. The Balaban J connectivity index is 1.98. The summed E-state index contributed by atoms with van der Waals surface area (Å²) in [6.45, 7) is 3.81. The summed E-state index contributed by atoms with van der Waals surface area (Å²) >= 11 is 0. The minimum absolute atomic E-state index is 0.154. The molecule has 1 rings (SSSR count). The van der Waals surface area contributed by atoms with Gasteiger partial charge in [-0.25, -0.2) is 0 Å². The van der Waals surface area contributed by atoms with E-state index in [9.17, 15) is 0 Å². The second kappa shape index (κ2) is 7.43. The van der Waals surface area contributed by atoms with Gasteiger partial charge in [0.05, 0.1) is 6.10 Å². The van der Waals surface area contributed by atoms with E-state index < -0.39 is 0 Å². The van der Waals surface area contributed by atoms with Gasteiger partial charge in [-0.05, 0) is 38.3 Å². The Morgan fingerprint density at radius 1 is 1.20 bits per heavy atom. The monoisotopic (exact) mass is 207 g/mol. The van der Waals surface area contributed by atoms with Crippen LogP contribution in [0.2, 0.25) is 0 Å². The standard InChI is InChI=1S/C13H21NO/c1-12(15)7-5-6-10-14-11-13-8-3-2-4-9-13/h2-4,8-9,12,14-15H,5-7,10-11H2,1H3. The highest BCUT2D eigenvalue weighted by atomic mass is 16.3. The molecule has 15 heavy (non-hydrogen) atoms. The zero-order valence-corrected chi connectivity index (χ0v) is 9.45. The zero-order valence-electron chi connectivity index (χ0n) is 9.45. The van der Waals surface area contributed by atoms with E-state index in [1.807, 2.05) is 13.0 Å². The molecule has 0 fully saturated rings. The lowest BCUT2D eigenvalue weighted by atomic mass is 10.1.